The minimum Gasteiger partial charge on any atom is -0.393 e. The number of sulfone groups is 1. The molecule has 5 heterocycles. The topological polar surface area (TPSA) is 123 Å². The van der Waals surface area contributed by atoms with Crippen LogP contribution in [0.3, 0.4) is 0 Å². The molecule has 0 aromatic carbocycles. The summed E-state index contributed by atoms with van der Waals surface area (Å²) in [6.45, 7) is 3.83. The summed E-state index contributed by atoms with van der Waals surface area (Å²) in [4.78, 5) is 23.7. The molecule has 1 aliphatic rings. The van der Waals surface area contributed by atoms with Crippen LogP contribution in [0.5, 0.6) is 0 Å². The number of hydrogen-bond donors (Lipinski definition) is 1. The zero-order chi connectivity index (χ0) is 27.4. The van der Waals surface area contributed by atoms with E-state index in [1.807, 2.05) is 13.8 Å². The van der Waals surface area contributed by atoms with Crippen molar-refractivity contribution in [1.82, 2.24) is 29.0 Å². The largest absolute Gasteiger partial charge is 0.393 e. The van der Waals surface area contributed by atoms with E-state index in [0.29, 0.717) is 23.7 Å². The molecule has 0 saturated carbocycles. The Kier molecular flexibility index (Phi) is 6.68. The van der Waals surface area contributed by atoms with Crippen molar-refractivity contribution in [3.8, 4) is 11.4 Å². The molecular weight excluding hydrogens is 518 g/mol. The Morgan fingerprint density at radius 2 is 1.97 bits per heavy atom. The van der Waals surface area contributed by atoms with Crippen LogP contribution in [0.2, 0.25) is 0 Å². The lowest BCUT2D eigenvalue weighted by molar-refractivity contribution is 0.0594. The second-order valence-corrected chi connectivity index (χ2v) is 12.0. The maximum atomic E-state index is 14.3. The number of hydrogen-bond acceptors (Lipinski definition) is 7. The Morgan fingerprint density at radius 3 is 2.68 bits per heavy atom. The molecule has 4 aromatic heterocycles. The third-order valence-corrected chi connectivity index (χ3v) is 7.73. The van der Waals surface area contributed by atoms with Crippen molar-refractivity contribution in [3.63, 3.8) is 0 Å². The van der Waals surface area contributed by atoms with Crippen molar-refractivity contribution in [1.29, 1.82) is 0 Å². The number of aliphatic hydroxyl groups is 1. The van der Waals surface area contributed by atoms with Crippen LogP contribution >= 0.6 is 0 Å². The lowest BCUT2D eigenvalue weighted by Gasteiger charge is -2.29. The first kappa shape index (κ1) is 26.2. The Hall–Kier alpha value is -3.45. The van der Waals surface area contributed by atoms with E-state index in [1.54, 1.807) is 4.90 Å². The van der Waals surface area contributed by atoms with Gasteiger partial charge in [0.2, 0.25) is 0 Å². The number of rotatable bonds is 7. The zero-order valence-electron chi connectivity index (χ0n) is 21.2. The van der Waals surface area contributed by atoms with E-state index in [0.717, 1.165) is 31.4 Å². The predicted octanol–water partition coefficient (Wildman–Crippen LogP) is 3.18. The van der Waals surface area contributed by atoms with Gasteiger partial charge in [-0.2, -0.15) is 5.10 Å². The van der Waals surface area contributed by atoms with Crippen molar-refractivity contribution in [2.24, 2.45) is 0 Å². The van der Waals surface area contributed by atoms with Crippen LogP contribution in [0.25, 0.3) is 27.9 Å². The SMILES string of the molecule is CCC(O)CC1CCC(C)N1C(=O)c1cc2c(cn1)c(-c1cnc3c(F)cc(F)cn13)nn2CS(C)(=O)=O. The molecule has 3 atom stereocenters. The number of carbonyl (C=O) groups is 1. The summed E-state index contributed by atoms with van der Waals surface area (Å²) in [5.74, 6) is -2.48. The molecule has 13 heteroatoms. The fourth-order valence-corrected chi connectivity index (χ4v) is 5.81. The van der Waals surface area contributed by atoms with Crippen LogP contribution < -0.4 is 0 Å². The molecule has 1 fully saturated rings. The van der Waals surface area contributed by atoms with E-state index in [9.17, 15) is 27.1 Å². The number of likely N-dealkylation sites (tertiary alicyclic amines) is 1. The monoisotopic (exact) mass is 546 g/mol. The predicted molar refractivity (Wildman–Crippen MR) is 136 cm³/mol. The lowest BCUT2D eigenvalue weighted by atomic mass is 10.0. The fraction of sp³-hybridized carbons (Fsp3) is 0.440. The Balaban J connectivity index is 1.62. The lowest BCUT2D eigenvalue weighted by Crippen LogP contribution is -2.41. The molecular formula is C25H28F2N6O4S. The number of pyridine rings is 2. The molecule has 38 heavy (non-hydrogen) atoms. The van der Waals surface area contributed by atoms with E-state index < -0.39 is 33.5 Å². The summed E-state index contributed by atoms with van der Waals surface area (Å²) in [6.07, 6.45) is 6.95. The van der Waals surface area contributed by atoms with Crippen LogP contribution in [0.1, 0.15) is 50.0 Å². The van der Waals surface area contributed by atoms with Crippen LogP contribution in [-0.4, -0.2) is 72.9 Å². The highest BCUT2D eigenvalue weighted by Gasteiger charge is 2.36. The molecule has 1 saturated heterocycles. The summed E-state index contributed by atoms with van der Waals surface area (Å²) in [5, 5.41) is 15.0. The quantitative estimate of drug-likeness (QED) is 0.378. The van der Waals surface area contributed by atoms with Gasteiger partial charge >= 0.3 is 0 Å². The summed E-state index contributed by atoms with van der Waals surface area (Å²) in [5.41, 5.74) is 0.769. The molecule has 202 valence electrons. The molecule has 4 aromatic rings. The number of carbonyl (C=O) groups excluding carboxylic acids is 1. The summed E-state index contributed by atoms with van der Waals surface area (Å²) < 4.78 is 55.1. The Morgan fingerprint density at radius 1 is 1.21 bits per heavy atom. The third-order valence-electron chi connectivity index (χ3n) is 7.02. The van der Waals surface area contributed by atoms with Gasteiger partial charge in [-0.3, -0.25) is 14.2 Å². The minimum absolute atomic E-state index is 0.0477. The molecule has 1 aliphatic heterocycles. The van der Waals surface area contributed by atoms with Gasteiger partial charge in [0, 0.05) is 42.2 Å². The van der Waals surface area contributed by atoms with Crippen molar-refractivity contribution >= 4 is 32.3 Å². The van der Waals surface area contributed by atoms with Gasteiger partial charge < -0.3 is 10.0 Å². The first-order valence-corrected chi connectivity index (χ1v) is 14.4. The molecule has 10 nitrogen and oxygen atoms in total. The van der Waals surface area contributed by atoms with E-state index in [2.05, 4.69) is 15.1 Å². The smallest absolute Gasteiger partial charge is 0.273 e. The number of nitrogens with zero attached hydrogens (tertiary/aromatic N) is 6. The second-order valence-electron chi connectivity index (χ2n) is 9.92. The minimum atomic E-state index is -3.55. The molecule has 1 amide bonds. The highest BCUT2D eigenvalue weighted by atomic mass is 32.2. The van der Waals surface area contributed by atoms with Crippen LogP contribution in [0.15, 0.2) is 30.7 Å². The fourth-order valence-electron chi connectivity index (χ4n) is 5.17. The van der Waals surface area contributed by atoms with E-state index in [-0.39, 0.29) is 40.7 Å². The normalized spacial score (nSPS) is 19.1. The van der Waals surface area contributed by atoms with Crippen LogP contribution in [0.4, 0.5) is 8.78 Å². The molecule has 5 rings (SSSR count). The van der Waals surface area contributed by atoms with Crippen molar-refractivity contribution < 1.29 is 27.1 Å². The van der Waals surface area contributed by atoms with Gasteiger partial charge in [-0.05, 0) is 38.7 Å². The molecule has 1 N–H and O–H groups in total. The van der Waals surface area contributed by atoms with E-state index >= 15 is 0 Å². The van der Waals surface area contributed by atoms with Crippen molar-refractivity contribution in [3.05, 3.63) is 48.1 Å². The second kappa shape index (κ2) is 9.70. The average Bonchev–Trinajstić information content (AvgIpc) is 3.53. The van der Waals surface area contributed by atoms with Gasteiger partial charge in [-0.15, -0.1) is 0 Å². The number of aromatic nitrogens is 5. The van der Waals surface area contributed by atoms with Gasteiger partial charge in [0.05, 0.1) is 23.5 Å². The summed E-state index contributed by atoms with van der Waals surface area (Å²) >= 11 is 0. The standard InChI is InChI=1S/C25H28F2N6O4S/c1-4-17(34)8-16-6-5-14(2)33(16)25(35)20-9-21-18(10-28-20)23(30-32(21)13-38(3,36)37)22-11-29-24-19(27)7-15(26)12-31(22)24/h7,9-12,14,16-17,34H,4-6,8,13H2,1-3H3. The third kappa shape index (κ3) is 4.75. The highest BCUT2D eigenvalue weighted by molar-refractivity contribution is 7.89. The number of aliphatic hydroxyl groups excluding tert-OH is 1. The maximum absolute atomic E-state index is 14.3. The van der Waals surface area contributed by atoms with Gasteiger partial charge in [0.1, 0.15) is 23.1 Å². The van der Waals surface area contributed by atoms with E-state index in [1.165, 1.54) is 27.5 Å². The van der Waals surface area contributed by atoms with Gasteiger partial charge in [0.25, 0.3) is 5.91 Å². The molecule has 3 unspecified atom stereocenters. The molecule has 0 radical (unpaired) electrons. The van der Waals surface area contributed by atoms with Crippen LogP contribution in [-0.2, 0) is 15.7 Å². The number of amides is 1. The van der Waals surface area contributed by atoms with Gasteiger partial charge in [-0.1, -0.05) is 6.92 Å². The summed E-state index contributed by atoms with van der Waals surface area (Å²) in [6, 6.07) is 2.03. The average molecular weight is 547 g/mol. The first-order valence-electron chi connectivity index (χ1n) is 12.3. The zero-order valence-corrected chi connectivity index (χ0v) is 22.0. The molecule has 0 aliphatic carbocycles. The highest BCUT2D eigenvalue weighted by Crippen LogP contribution is 2.32. The number of halogens is 2. The Labute approximate surface area is 217 Å². The maximum Gasteiger partial charge on any atom is 0.273 e. The van der Waals surface area contributed by atoms with Crippen molar-refractivity contribution in [2.75, 3.05) is 6.26 Å². The first-order chi connectivity index (χ1) is 18.0. The van der Waals surface area contributed by atoms with Crippen molar-refractivity contribution in [2.45, 2.75) is 63.6 Å². The molecule has 0 bridgehead atoms. The summed E-state index contributed by atoms with van der Waals surface area (Å²) in [7, 11) is -3.55. The van der Waals surface area contributed by atoms with Gasteiger partial charge in [-0.25, -0.2) is 26.9 Å². The van der Waals surface area contributed by atoms with E-state index in [4.69, 9.17) is 0 Å². The number of imidazole rings is 1. The van der Waals surface area contributed by atoms with Gasteiger partial charge in [0.15, 0.2) is 21.3 Å². The Bertz CT molecular complexity index is 1650. The molecule has 0 spiro atoms. The number of fused-ring (bicyclic) bond motifs is 2. The van der Waals surface area contributed by atoms with Crippen LogP contribution in [0, 0.1) is 11.6 Å².